The zero-order valence-electron chi connectivity index (χ0n) is 16.6. The zero-order valence-corrected chi connectivity index (χ0v) is 17.4. The minimum Gasteiger partial charge on any atom is -0.444 e. The lowest BCUT2D eigenvalue weighted by Gasteiger charge is -2.39. The Kier molecular flexibility index (Phi) is 6.17. The van der Waals surface area contributed by atoms with E-state index in [2.05, 4.69) is 4.90 Å². The number of carbonyl (C=O) groups excluding carboxylic acids is 2. The molecule has 0 radical (unpaired) electrons. The molecule has 2 fully saturated rings. The van der Waals surface area contributed by atoms with Gasteiger partial charge in [0.15, 0.2) is 0 Å². The Balaban J connectivity index is 1.55. The molecule has 1 aromatic carbocycles. The molecular weight excluding hydrogens is 382 g/mol. The second kappa shape index (κ2) is 8.27. The lowest BCUT2D eigenvalue weighted by molar-refractivity contribution is 0.00330. The van der Waals surface area contributed by atoms with Crippen molar-refractivity contribution in [3.63, 3.8) is 0 Å². The number of rotatable bonds is 2. The van der Waals surface area contributed by atoms with Crippen LogP contribution in [0.25, 0.3) is 0 Å². The third kappa shape index (κ3) is 4.96. The number of hydrogen-bond acceptors (Lipinski definition) is 5. The summed E-state index contributed by atoms with van der Waals surface area (Å²) in [6.45, 7) is 8.70. The van der Waals surface area contributed by atoms with Crippen LogP contribution in [0.4, 0.5) is 4.79 Å². The van der Waals surface area contributed by atoms with Crippen molar-refractivity contribution in [3.05, 3.63) is 34.9 Å². The first kappa shape index (κ1) is 20.9. The summed E-state index contributed by atoms with van der Waals surface area (Å²) in [4.78, 5) is 30.4. The predicted molar refractivity (Wildman–Crippen MR) is 107 cm³/mol. The summed E-state index contributed by atoms with van der Waals surface area (Å²) in [6.07, 6.45) is -0.914. The van der Waals surface area contributed by atoms with Crippen LogP contribution in [0.15, 0.2) is 24.3 Å². The highest BCUT2D eigenvalue weighted by Gasteiger charge is 2.39. The van der Waals surface area contributed by atoms with Crippen LogP contribution in [0.5, 0.6) is 0 Å². The Morgan fingerprint density at radius 1 is 1.04 bits per heavy atom. The number of carbonyl (C=O) groups is 2. The van der Waals surface area contributed by atoms with Gasteiger partial charge in [-0.25, -0.2) is 4.79 Å². The monoisotopic (exact) mass is 409 g/mol. The van der Waals surface area contributed by atoms with Crippen LogP contribution in [-0.4, -0.2) is 88.8 Å². The van der Waals surface area contributed by atoms with E-state index in [1.807, 2.05) is 20.8 Å². The van der Waals surface area contributed by atoms with Crippen LogP contribution in [-0.2, 0) is 4.74 Å². The third-order valence-corrected chi connectivity index (χ3v) is 5.32. The normalized spacial score (nSPS) is 23.8. The number of halogens is 1. The zero-order chi connectivity index (χ0) is 20.5. The minimum absolute atomic E-state index is 0.106. The second-order valence-electron chi connectivity index (χ2n) is 8.36. The smallest absolute Gasteiger partial charge is 0.410 e. The quantitative estimate of drug-likeness (QED) is 0.809. The Morgan fingerprint density at radius 3 is 2.21 bits per heavy atom. The van der Waals surface area contributed by atoms with Crippen molar-refractivity contribution in [2.75, 3.05) is 39.3 Å². The van der Waals surface area contributed by atoms with E-state index in [1.165, 1.54) is 0 Å². The number of piperazine rings is 1. The number of amides is 2. The summed E-state index contributed by atoms with van der Waals surface area (Å²) in [5.74, 6) is -0.106. The molecule has 0 bridgehead atoms. The number of nitrogens with zero attached hydrogens (tertiary/aromatic N) is 3. The molecule has 3 rings (SSSR count). The summed E-state index contributed by atoms with van der Waals surface area (Å²) < 4.78 is 5.42. The topological polar surface area (TPSA) is 73.3 Å². The van der Waals surface area contributed by atoms with E-state index >= 15 is 0 Å². The molecule has 2 atom stereocenters. The van der Waals surface area contributed by atoms with Crippen LogP contribution < -0.4 is 0 Å². The van der Waals surface area contributed by atoms with Gasteiger partial charge in [-0.05, 0) is 45.0 Å². The SMILES string of the molecule is CC(C)(C)OC(=O)N1CCN(C2CN(C(=O)c3ccc(Cl)cc3)CC2O)CC1. The molecule has 0 aromatic heterocycles. The first-order chi connectivity index (χ1) is 13.1. The Labute approximate surface area is 170 Å². The van der Waals surface area contributed by atoms with E-state index in [0.29, 0.717) is 49.9 Å². The first-order valence-electron chi connectivity index (χ1n) is 9.59. The Hall–Kier alpha value is -1.83. The van der Waals surface area contributed by atoms with E-state index in [-0.39, 0.29) is 18.0 Å². The molecule has 1 aromatic rings. The molecule has 7 nitrogen and oxygen atoms in total. The second-order valence-corrected chi connectivity index (χ2v) is 8.79. The van der Waals surface area contributed by atoms with Gasteiger partial charge >= 0.3 is 6.09 Å². The Morgan fingerprint density at radius 2 is 1.64 bits per heavy atom. The van der Waals surface area contributed by atoms with Crippen molar-refractivity contribution >= 4 is 23.6 Å². The Bertz CT molecular complexity index is 711. The summed E-state index contributed by atoms with van der Waals surface area (Å²) in [5, 5.41) is 11.1. The van der Waals surface area contributed by atoms with Crippen molar-refractivity contribution in [1.82, 2.24) is 14.7 Å². The molecule has 28 heavy (non-hydrogen) atoms. The van der Waals surface area contributed by atoms with Crippen LogP contribution in [0, 0.1) is 0 Å². The number of aliphatic hydroxyl groups is 1. The predicted octanol–water partition coefficient (Wildman–Crippen LogP) is 2.08. The standard InChI is InChI=1S/C20H28ClN3O4/c1-20(2,3)28-19(27)23-10-8-22(9-11-23)16-12-24(13-17(16)25)18(26)14-4-6-15(21)7-5-14/h4-7,16-17,25H,8-13H2,1-3H3. The van der Waals surface area contributed by atoms with Crippen molar-refractivity contribution in [3.8, 4) is 0 Å². The van der Waals surface area contributed by atoms with E-state index in [0.717, 1.165) is 0 Å². The van der Waals surface area contributed by atoms with Gasteiger partial charge in [-0.1, -0.05) is 11.6 Å². The van der Waals surface area contributed by atoms with E-state index in [9.17, 15) is 14.7 Å². The number of benzene rings is 1. The fourth-order valence-corrected chi connectivity index (χ4v) is 3.76. The van der Waals surface area contributed by atoms with Crippen molar-refractivity contribution in [2.45, 2.75) is 38.5 Å². The number of hydrogen-bond donors (Lipinski definition) is 1. The maximum atomic E-state index is 12.7. The van der Waals surface area contributed by atoms with Gasteiger partial charge in [-0.15, -0.1) is 0 Å². The van der Waals surface area contributed by atoms with Gasteiger partial charge in [0.1, 0.15) is 5.60 Å². The third-order valence-electron chi connectivity index (χ3n) is 5.07. The summed E-state index contributed by atoms with van der Waals surface area (Å²) in [6, 6.07) is 6.65. The summed E-state index contributed by atoms with van der Waals surface area (Å²) in [5.41, 5.74) is 0.0465. The van der Waals surface area contributed by atoms with E-state index in [4.69, 9.17) is 16.3 Å². The molecule has 2 aliphatic heterocycles. The van der Waals surface area contributed by atoms with Crippen LogP contribution >= 0.6 is 11.6 Å². The lowest BCUT2D eigenvalue weighted by Crippen LogP contribution is -2.55. The van der Waals surface area contributed by atoms with Crippen LogP contribution in [0.2, 0.25) is 5.02 Å². The maximum absolute atomic E-state index is 12.7. The van der Waals surface area contributed by atoms with Crippen LogP contribution in [0.1, 0.15) is 31.1 Å². The van der Waals surface area contributed by atoms with Gasteiger partial charge in [0, 0.05) is 49.9 Å². The molecule has 2 saturated heterocycles. The van der Waals surface area contributed by atoms with Crippen molar-refractivity contribution in [1.29, 1.82) is 0 Å². The molecular formula is C20H28ClN3O4. The van der Waals surface area contributed by atoms with Gasteiger partial charge in [-0.3, -0.25) is 9.69 Å². The number of likely N-dealkylation sites (tertiary alicyclic amines) is 1. The van der Waals surface area contributed by atoms with Crippen molar-refractivity contribution in [2.24, 2.45) is 0 Å². The van der Waals surface area contributed by atoms with Crippen molar-refractivity contribution < 1.29 is 19.4 Å². The molecule has 1 N–H and O–H groups in total. The summed E-state index contributed by atoms with van der Waals surface area (Å²) in [7, 11) is 0. The number of β-amino-alcohol motifs (C(OH)–C–C–N with tert-alkyl or cyclic N) is 1. The van der Waals surface area contributed by atoms with E-state index in [1.54, 1.807) is 34.1 Å². The molecule has 154 valence electrons. The molecule has 2 aliphatic rings. The molecule has 2 unspecified atom stereocenters. The van der Waals surface area contributed by atoms with Gasteiger partial charge in [-0.2, -0.15) is 0 Å². The summed E-state index contributed by atoms with van der Waals surface area (Å²) >= 11 is 5.88. The van der Waals surface area contributed by atoms with Gasteiger partial charge in [0.05, 0.1) is 12.1 Å². The van der Waals surface area contributed by atoms with Gasteiger partial charge in [0.2, 0.25) is 0 Å². The van der Waals surface area contributed by atoms with Crippen LogP contribution in [0.3, 0.4) is 0 Å². The molecule has 8 heteroatoms. The van der Waals surface area contributed by atoms with Gasteiger partial charge in [0.25, 0.3) is 5.91 Å². The fraction of sp³-hybridized carbons (Fsp3) is 0.600. The highest BCUT2D eigenvalue weighted by molar-refractivity contribution is 6.30. The molecule has 0 spiro atoms. The average Bonchev–Trinajstić information content (AvgIpc) is 3.02. The molecule has 0 aliphatic carbocycles. The molecule has 2 heterocycles. The number of ether oxygens (including phenoxy) is 1. The molecule has 0 saturated carbocycles. The average molecular weight is 410 g/mol. The van der Waals surface area contributed by atoms with E-state index < -0.39 is 11.7 Å². The first-order valence-corrected chi connectivity index (χ1v) is 9.97. The molecule has 2 amide bonds. The maximum Gasteiger partial charge on any atom is 0.410 e. The highest BCUT2D eigenvalue weighted by atomic mass is 35.5. The number of aliphatic hydroxyl groups excluding tert-OH is 1. The van der Waals surface area contributed by atoms with Gasteiger partial charge < -0.3 is 19.6 Å². The largest absolute Gasteiger partial charge is 0.444 e. The fourth-order valence-electron chi connectivity index (χ4n) is 3.63. The minimum atomic E-state index is -0.607. The lowest BCUT2D eigenvalue weighted by atomic mass is 10.1. The highest BCUT2D eigenvalue weighted by Crippen LogP contribution is 2.21.